The van der Waals surface area contributed by atoms with E-state index >= 15 is 0 Å². The molecule has 0 saturated carbocycles. The average Bonchev–Trinajstić information content (AvgIpc) is 2.26. The first-order chi connectivity index (χ1) is 7.91. The molecule has 1 heterocycles. The molecule has 2 rings (SSSR count). The molecule has 0 aliphatic carbocycles. The Morgan fingerprint density at radius 1 is 1.24 bits per heavy atom. The van der Waals surface area contributed by atoms with Crippen LogP contribution in [0.4, 0.5) is 13.2 Å². The normalized spacial score (nSPS) is 11.7. The van der Waals surface area contributed by atoms with E-state index < -0.39 is 17.7 Å². The third-order valence-corrected chi connectivity index (χ3v) is 2.31. The van der Waals surface area contributed by atoms with Crippen molar-refractivity contribution in [2.24, 2.45) is 0 Å². The van der Waals surface area contributed by atoms with Gasteiger partial charge >= 0.3 is 12.1 Å². The number of rotatable bonds is 1. The Hall–Kier alpha value is -2.11. The van der Waals surface area contributed by atoms with Gasteiger partial charge in [0.25, 0.3) is 0 Å². The number of fused-ring (bicyclic) bond motifs is 1. The number of aromatic carboxylic acids is 1. The number of nitrogens with zero attached hydrogens (tertiary/aromatic N) is 1. The van der Waals surface area contributed by atoms with Crippen LogP contribution in [-0.4, -0.2) is 16.1 Å². The predicted molar refractivity (Wildman–Crippen MR) is 53.7 cm³/mol. The van der Waals surface area contributed by atoms with Gasteiger partial charge in [-0.25, -0.2) is 4.79 Å². The van der Waals surface area contributed by atoms with Crippen molar-refractivity contribution < 1.29 is 23.1 Å². The van der Waals surface area contributed by atoms with Gasteiger partial charge < -0.3 is 5.11 Å². The van der Waals surface area contributed by atoms with Crippen LogP contribution in [0, 0.1) is 0 Å². The lowest BCUT2D eigenvalue weighted by atomic mass is 10.0. The second-order valence-corrected chi connectivity index (χ2v) is 3.36. The summed E-state index contributed by atoms with van der Waals surface area (Å²) in [6, 6.07) is 4.22. The monoisotopic (exact) mass is 241 g/mol. The van der Waals surface area contributed by atoms with Crippen molar-refractivity contribution in [3.8, 4) is 0 Å². The summed E-state index contributed by atoms with van der Waals surface area (Å²) in [7, 11) is 0. The zero-order valence-corrected chi connectivity index (χ0v) is 8.32. The van der Waals surface area contributed by atoms with Crippen molar-refractivity contribution in [2.45, 2.75) is 6.18 Å². The van der Waals surface area contributed by atoms with Gasteiger partial charge in [0.2, 0.25) is 0 Å². The van der Waals surface area contributed by atoms with Crippen molar-refractivity contribution in [3.63, 3.8) is 0 Å². The number of carboxylic acid groups (broad SMARTS) is 1. The molecule has 0 spiro atoms. The molecular formula is C11H6F3NO2. The summed E-state index contributed by atoms with van der Waals surface area (Å²) in [4.78, 5) is 14.6. The predicted octanol–water partition coefficient (Wildman–Crippen LogP) is 2.95. The molecular weight excluding hydrogens is 235 g/mol. The van der Waals surface area contributed by atoms with E-state index in [-0.39, 0.29) is 16.5 Å². The number of alkyl halides is 3. The van der Waals surface area contributed by atoms with Crippen molar-refractivity contribution in [1.82, 2.24) is 4.98 Å². The smallest absolute Gasteiger partial charge is 0.417 e. The second-order valence-electron chi connectivity index (χ2n) is 3.36. The number of halogens is 3. The molecule has 3 nitrogen and oxygen atoms in total. The fourth-order valence-electron chi connectivity index (χ4n) is 1.59. The van der Waals surface area contributed by atoms with E-state index in [2.05, 4.69) is 4.98 Å². The summed E-state index contributed by atoms with van der Waals surface area (Å²) in [5.74, 6) is -1.30. The van der Waals surface area contributed by atoms with E-state index in [1.165, 1.54) is 18.3 Å². The van der Waals surface area contributed by atoms with E-state index in [9.17, 15) is 18.0 Å². The number of benzene rings is 1. The van der Waals surface area contributed by atoms with Crippen molar-refractivity contribution in [2.75, 3.05) is 0 Å². The molecule has 0 radical (unpaired) electrons. The Bertz CT molecular complexity index is 593. The molecule has 0 amide bonds. The molecule has 1 aromatic carbocycles. The Labute approximate surface area is 93.5 Å². The SMILES string of the molecule is O=C(O)c1ccc(C(F)(F)F)c2cccnc12. The minimum atomic E-state index is -4.53. The van der Waals surface area contributed by atoms with Crippen LogP contribution in [0.25, 0.3) is 10.9 Å². The Morgan fingerprint density at radius 3 is 2.53 bits per heavy atom. The quantitative estimate of drug-likeness (QED) is 0.835. The summed E-state index contributed by atoms with van der Waals surface area (Å²) in [5, 5.41) is 8.65. The van der Waals surface area contributed by atoms with Gasteiger partial charge in [-0.1, -0.05) is 6.07 Å². The zero-order chi connectivity index (χ0) is 12.6. The number of pyridine rings is 1. The molecule has 1 N–H and O–H groups in total. The van der Waals surface area contributed by atoms with Gasteiger partial charge in [0.15, 0.2) is 0 Å². The maximum absolute atomic E-state index is 12.7. The highest BCUT2D eigenvalue weighted by molar-refractivity contribution is 6.02. The Balaban J connectivity index is 2.85. The molecule has 0 bridgehead atoms. The number of carboxylic acids is 1. The van der Waals surface area contributed by atoms with Crippen LogP contribution in [0.1, 0.15) is 15.9 Å². The minimum absolute atomic E-state index is 0.158. The Morgan fingerprint density at radius 2 is 1.94 bits per heavy atom. The third-order valence-electron chi connectivity index (χ3n) is 2.31. The number of hydrogen-bond donors (Lipinski definition) is 1. The van der Waals surface area contributed by atoms with Crippen LogP contribution in [0.2, 0.25) is 0 Å². The van der Waals surface area contributed by atoms with E-state index in [0.29, 0.717) is 0 Å². The van der Waals surface area contributed by atoms with Gasteiger partial charge in [-0.05, 0) is 18.2 Å². The van der Waals surface area contributed by atoms with Gasteiger partial charge in [0.05, 0.1) is 16.6 Å². The summed E-state index contributed by atoms with van der Waals surface area (Å²) >= 11 is 0. The maximum Gasteiger partial charge on any atom is 0.417 e. The molecule has 2 aromatic rings. The summed E-state index contributed by atoms with van der Waals surface area (Å²) in [5.41, 5.74) is -1.28. The molecule has 0 saturated heterocycles. The van der Waals surface area contributed by atoms with Crippen molar-refractivity contribution in [1.29, 1.82) is 0 Å². The summed E-state index contributed by atoms with van der Waals surface area (Å²) in [6.45, 7) is 0. The van der Waals surface area contributed by atoms with Crippen LogP contribution < -0.4 is 0 Å². The highest BCUT2D eigenvalue weighted by atomic mass is 19.4. The highest BCUT2D eigenvalue weighted by Gasteiger charge is 2.33. The molecule has 88 valence electrons. The lowest BCUT2D eigenvalue weighted by Gasteiger charge is -2.10. The lowest BCUT2D eigenvalue weighted by molar-refractivity contribution is -0.136. The lowest BCUT2D eigenvalue weighted by Crippen LogP contribution is -2.08. The minimum Gasteiger partial charge on any atom is -0.478 e. The first-order valence-corrected chi connectivity index (χ1v) is 4.59. The standard InChI is InChI=1S/C11H6F3NO2/c12-11(13,14)8-4-3-7(10(16)17)9-6(8)2-1-5-15-9/h1-5H,(H,16,17). The van der Waals surface area contributed by atoms with Crippen LogP contribution in [-0.2, 0) is 6.18 Å². The molecule has 0 aliphatic heterocycles. The Kier molecular flexibility index (Phi) is 2.49. The van der Waals surface area contributed by atoms with Gasteiger partial charge in [-0.3, -0.25) is 4.98 Å². The van der Waals surface area contributed by atoms with E-state index in [4.69, 9.17) is 5.11 Å². The number of aromatic nitrogens is 1. The van der Waals surface area contributed by atoms with Gasteiger partial charge in [0.1, 0.15) is 0 Å². The van der Waals surface area contributed by atoms with E-state index in [1.54, 1.807) is 0 Å². The molecule has 6 heteroatoms. The number of carbonyl (C=O) groups is 1. The van der Waals surface area contributed by atoms with Crippen LogP contribution >= 0.6 is 0 Å². The molecule has 0 aliphatic rings. The van der Waals surface area contributed by atoms with Crippen LogP contribution in [0.3, 0.4) is 0 Å². The molecule has 17 heavy (non-hydrogen) atoms. The molecule has 1 aromatic heterocycles. The fourth-order valence-corrected chi connectivity index (χ4v) is 1.59. The third kappa shape index (κ3) is 1.93. The van der Waals surface area contributed by atoms with Gasteiger partial charge in [-0.15, -0.1) is 0 Å². The van der Waals surface area contributed by atoms with Crippen molar-refractivity contribution >= 4 is 16.9 Å². The molecule has 0 fully saturated rings. The first kappa shape index (κ1) is 11.4. The second kappa shape index (κ2) is 3.73. The zero-order valence-electron chi connectivity index (χ0n) is 8.32. The largest absolute Gasteiger partial charge is 0.478 e. The fraction of sp³-hybridized carbons (Fsp3) is 0.0909. The van der Waals surface area contributed by atoms with Crippen LogP contribution in [0.5, 0.6) is 0 Å². The van der Waals surface area contributed by atoms with Gasteiger partial charge in [-0.2, -0.15) is 13.2 Å². The van der Waals surface area contributed by atoms with E-state index in [0.717, 1.165) is 12.1 Å². The van der Waals surface area contributed by atoms with Crippen molar-refractivity contribution in [3.05, 3.63) is 41.6 Å². The molecule has 0 atom stereocenters. The van der Waals surface area contributed by atoms with Gasteiger partial charge in [0, 0.05) is 11.6 Å². The van der Waals surface area contributed by atoms with E-state index in [1.807, 2.05) is 0 Å². The topological polar surface area (TPSA) is 50.2 Å². The first-order valence-electron chi connectivity index (χ1n) is 4.59. The summed E-state index contributed by atoms with van der Waals surface area (Å²) in [6.07, 6.45) is -3.27. The maximum atomic E-state index is 12.7. The molecule has 0 unspecified atom stereocenters. The highest BCUT2D eigenvalue weighted by Crippen LogP contribution is 2.35. The average molecular weight is 241 g/mol. The van der Waals surface area contributed by atoms with Crippen LogP contribution in [0.15, 0.2) is 30.5 Å². The summed E-state index contributed by atoms with van der Waals surface area (Å²) < 4.78 is 38.0. The number of hydrogen-bond acceptors (Lipinski definition) is 2.